The molecule has 0 radical (unpaired) electrons. The van der Waals surface area contributed by atoms with Gasteiger partial charge in [-0.1, -0.05) is 13.3 Å². The predicted octanol–water partition coefficient (Wildman–Crippen LogP) is 2.75. The van der Waals surface area contributed by atoms with Gasteiger partial charge in [-0.05, 0) is 44.7 Å². The standard InChI is InChI=1S/C15H23N3O/c1-4-6-12-9-11(10-13(16-3)17-12)14(19)18-15(2)7-5-8-15/h9-10H,4-8H2,1-3H3,(H,16,17)(H,18,19). The van der Waals surface area contributed by atoms with Gasteiger partial charge in [0.1, 0.15) is 5.82 Å². The molecule has 0 bridgehead atoms. The number of anilines is 1. The number of hydrogen-bond acceptors (Lipinski definition) is 3. The van der Waals surface area contributed by atoms with E-state index in [0.29, 0.717) is 5.56 Å². The van der Waals surface area contributed by atoms with Crippen LogP contribution in [0.4, 0.5) is 5.82 Å². The molecule has 104 valence electrons. The van der Waals surface area contributed by atoms with E-state index in [1.165, 1.54) is 6.42 Å². The van der Waals surface area contributed by atoms with Gasteiger partial charge in [-0.3, -0.25) is 4.79 Å². The van der Waals surface area contributed by atoms with E-state index < -0.39 is 0 Å². The van der Waals surface area contributed by atoms with Gasteiger partial charge < -0.3 is 10.6 Å². The van der Waals surface area contributed by atoms with Gasteiger partial charge in [0.15, 0.2) is 0 Å². The Hall–Kier alpha value is -1.58. The van der Waals surface area contributed by atoms with Crippen molar-refractivity contribution in [3.63, 3.8) is 0 Å². The van der Waals surface area contributed by atoms with Gasteiger partial charge in [-0.25, -0.2) is 4.98 Å². The minimum Gasteiger partial charge on any atom is -0.373 e. The second kappa shape index (κ2) is 5.59. The molecule has 0 saturated heterocycles. The first-order valence-electron chi connectivity index (χ1n) is 7.07. The molecule has 2 rings (SSSR count). The van der Waals surface area contributed by atoms with Gasteiger partial charge >= 0.3 is 0 Å². The Kier molecular flexibility index (Phi) is 4.08. The molecular formula is C15H23N3O. The zero-order valence-corrected chi connectivity index (χ0v) is 12.0. The van der Waals surface area contributed by atoms with Crippen LogP contribution in [0.25, 0.3) is 0 Å². The van der Waals surface area contributed by atoms with E-state index >= 15 is 0 Å². The van der Waals surface area contributed by atoms with Crippen molar-refractivity contribution < 1.29 is 4.79 Å². The summed E-state index contributed by atoms with van der Waals surface area (Å²) in [6.45, 7) is 4.23. The number of hydrogen-bond donors (Lipinski definition) is 2. The quantitative estimate of drug-likeness (QED) is 0.857. The number of aryl methyl sites for hydroxylation is 1. The van der Waals surface area contributed by atoms with Crippen LogP contribution in [0.2, 0.25) is 0 Å². The van der Waals surface area contributed by atoms with Gasteiger partial charge in [0.05, 0.1) is 0 Å². The molecule has 0 aromatic carbocycles. The minimum absolute atomic E-state index is 0.00885. The molecule has 1 aromatic heterocycles. The van der Waals surface area contributed by atoms with Crippen LogP contribution in [0.1, 0.15) is 55.6 Å². The normalized spacial score (nSPS) is 16.6. The van der Waals surface area contributed by atoms with Crippen LogP contribution in [-0.4, -0.2) is 23.5 Å². The molecule has 0 atom stereocenters. The number of carbonyl (C=O) groups excluding carboxylic acids is 1. The molecule has 1 saturated carbocycles. The lowest BCUT2D eigenvalue weighted by molar-refractivity contribution is 0.0850. The summed E-state index contributed by atoms with van der Waals surface area (Å²) in [7, 11) is 1.83. The Bertz CT molecular complexity index is 466. The van der Waals surface area contributed by atoms with Crippen molar-refractivity contribution in [2.24, 2.45) is 0 Å². The number of rotatable bonds is 5. The maximum absolute atomic E-state index is 12.3. The van der Waals surface area contributed by atoms with Crippen molar-refractivity contribution in [1.29, 1.82) is 0 Å². The Morgan fingerprint density at radius 2 is 2.16 bits per heavy atom. The van der Waals surface area contributed by atoms with E-state index in [0.717, 1.165) is 37.2 Å². The fourth-order valence-electron chi connectivity index (χ4n) is 2.41. The molecule has 0 unspecified atom stereocenters. The van der Waals surface area contributed by atoms with Crippen molar-refractivity contribution in [3.05, 3.63) is 23.4 Å². The zero-order valence-electron chi connectivity index (χ0n) is 12.0. The lowest BCUT2D eigenvalue weighted by Gasteiger charge is -2.39. The van der Waals surface area contributed by atoms with Crippen LogP contribution >= 0.6 is 0 Å². The van der Waals surface area contributed by atoms with Gasteiger partial charge in [-0.15, -0.1) is 0 Å². The third kappa shape index (κ3) is 3.25. The van der Waals surface area contributed by atoms with E-state index in [-0.39, 0.29) is 11.4 Å². The monoisotopic (exact) mass is 261 g/mol. The fraction of sp³-hybridized carbons (Fsp3) is 0.600. The first-order chi connectivity index (χ1) is 9.06. The summed E-state index contributed by atoms with van der Waals surface area (Å²) in [5, 5.41) is 6.16. The minimum atomic E-state index is -0.00885. The number of pyridine rings is 1. The number of nitrogens with one attached hydrogen (secondary N) is 2. The lowest BCUT2D eigenvalue weighted by atomic mass is 9.78. The van der Waals surface area contributed by atoms with Crippen LogP contribution in [0.5, 0.6) is 0 Å². The molecule has 2 N–H and O–H groups in total. The van der Waals surface area contributed by atoms with Crippen LogP contribution in [0.15, 0.2) is 12.1 Å². The molecule has 1 aromatic rings. The largest absolute Gasteiger partial charge is 0.373 e. The average molecular weight is 261 g/mol. The van der Waals surface area contributed by atoms with Crippen molar-refractivity contribution >= 4 is 11.7 Å². The highest BCUT2D eigenvalue weighted by molar-refractivity contribution is 5.95. The van der Waals surface area contributed by atoms with Gasteiger partial charge in [0.2, 0.25) is 0 Å². The maximum atomic E-state index is 12.3. The number of amides is 1. The van der Waals surface area contributed by atoms with Crippen molar-refractivity contribution in [1.82, 2.24) is 10.3 Å². The SMILES string of the molecule is CCCc1cc(C(=O)NC2(C)CCC2)cc(NC)n1. The molecule has 1 amide bonds. The number of carbonyl (C=O) groups is 1. The average Bonchev–Trinajstić information content (AvgIpc) is 2.36. The first kappa shape index (κ1) is 13.8. The van der Waals surface area contributed by atoms with E-state index in [2.05, 4.69) is 29.5 Å². The summed E-state index contributed by atoms with van der Waals surface area (Å²) in [5.41, 5.74) is 1.67. The Morgan fingerprint density at radius 1 is 1.42 bits per heavy atom. The zero-order chi connectivity index (χ0) is 13.9. The summed E-state index contributed by atoms with van der Waals surface area (Å²) in [6.07, 6.45) is 5.27. The third-order valence-electron chi connectivity index (χ3n) is 3.78. The number of aromatic nitrogens is 1. The highest BCUT2D eigenvalue weighted by atomic mass is 16.1. The molecule has 0 spiro atoms. The van der Waals surface area contributed by atoms with E-state index in [1.54, 1.807) is 0 Å². The molecule has 1 heterocycles. The molecule has 4 heteroatoms. The molecule has 4 nitrogen and oxygen atoms in total. The van der Waals surface area contributed by atoms with Gasteiger partial charge in [-0.2, -0.15) is 0 Å². The van der Waals surface area contributed by atoms with E-state index in [1.807, 2.05) is 19.2 Å². The second-order valence-corrected chi connectivity index (χ2v) is 5.60. The summed E-state index contributed by atoms with van der Waals surface area (Å²) >= 11 is 0. The van der Waals surface area contributed by atoms with Gasteiger partial charge in [0.25, 0.3) is 5.91 Å². The predicted molar refractivity (Wildman–Crippen MR) is 77.5 cm³/mol. The van der Waals surface area contributed by atoms with E-state index in [4.69, 9.17) is 0 Å². The van der Waals surface area contributed by atoms with Crippen molar-refractivity contribution in [3.8, 4) is 0 Å². The van der Waals surface area contributed by atoms with E-state index in [9.17, 15) is 4.79 Å². The number of nitrogens with zero attached hydrogens (tertiary/aromatic N) is 1. The van der Waals surface area contributed by atoms with Crippen LogP contribution in [-0.2, 0) is 6.42 Å². The smallest absolute Gasteiger partial charge is 0.251 e. The third-order valence-corrected chi connectivity index (χ3v) is 3.78. The Morgan fingerprint density at radius 3 is 2.68 bits per heavy atom. The van der Waals surface area contributed by atoms with Crippen molar-refractivity contribution in [2.45, 2.75) is 51.5 Å². The van der Waals surface area contributed by atoms with Crippen molar-refractivity contribution in [2.75, 3.05) is 12.4 Å². The second-order valence-electron chi connectivity index (χ2n) is 5.60. The Balaban J connectivity index is 2.17. The fourth-order valence-corrected chi connectivity index (χ4v) is 2.41. The summed E-state index contributed by atoms with van der Waals surface area (Å²) in [4.78, 5) is 16.8. The molecular weight excluding hydrogens is 238 g/mol. The van der Waals surface area contributed by atoms with Crippen LogP contribution in [0.3, 0.4) is 0 Å². The molecule has 1 aliphatic carbocycles. The highest BCUT2D eigenvalue weighted by Gasteiger charge is 2.33. The highest BCUT2D eigenvalue weighted by Crippen LogP contribution is 2.31. The first-order valence-corrected chi connectivity index (χ1v) is 7.07. The Labute approximate surface area is 115 Å². The molecule has 19 heavy (non-hydrogen) atoms. The summed E-state index contributed by atoms with van der Waals surface area (Å²) < 4.78 is 0. The maximum Gasteiger partial charge on any atom is 0.251 e. The molecule has 1 fully saturated rings. The topological polar surface area (TPSA) is 54.0 Å². The summed E-state index contributed by atoms with van der Waals surface area (Å²) in [6, 6.07) is 3.72. The van der Waals surface area contributed by atoms with Crippen LogP contribution in [0, 0.1) is 0 Å². The molecule has 1 aliphatic rings. The molecule has 0 aliphatic heterocycles. The van der Waals surface area contributed by atoms with Crippen LogP contribution < -0.4 is 10.6 Å². The lowest BCUT2D eigenvalue weighted by Crippen LogP contribution is -2.50. The summed E-state index contributed by atoms with van der Waals surface area (Å²) in [5.74, 6) is 0.772. The van der Waals surface area contributed by atoms with Gasteiger partial charge in [0, 0.05) is 23.8 Å².